The molecule has 1 atom stereocenters. The number of hydrogen-bond donors (Lipinski definition) is 2. The van der Waals surface area contributed by atoms with Crippen LogP contribution in [0.2, 0.25) is 0 Å². The van der Waals surface area contributed by atoms with Crippen molar-refractivity contribution >= 4 is 34.9 Å². The summed E-state index contributed by atoms with van der Waals surface area (Å²) in [5, 5.41) is 5.53. The van der Waals surface area contributed by atoms with E-state index in [0.29, 0.717) is 36.6 Å². The molecule has 4 rings (SSSR count). The number of carbonyl (C=O) groups excluding carboxylic acids is 3. The zero-order valence-corrected chi connectivity index (χ0v) is 22.0. The highest BCUT2D eigenvalue weighted by molar-refractivity contribution is 6.15. The number of likely N-dealkylation sites (tertiary alicyclic amines) is 1. The van der Waals surface area contributed by atoms with Crippen LogP contribution in [-0.4, -0.2) is 54.3 Å². The third-order valence-electron chi connectivity index (χ3n) is 6.98. The van der Waals surface area contributed by atoms with Crippen molar-refractivity contribution in [1.82, 2.24) is 10.2 Å². The first-order chi connectivity index (χ1) is 17.9. The number of anilines is 2. The van der Waals surface area contributed by atoms with Crippen molar-refractivity contribution < 1.29 is 14.4 Å². The van der Waals surface area contributed by atoms with Gasteiger partial charge in [0.15, 0.2) is 0 Å². The second-order valence-corrected chi connectivity index (χ2v) is 9.84. The molecule has 0 unspecified atom stereocenters. The fourth-order valence-electron chi connectivity index (χ4n) is 5.07. The fraction of sp³-hybridized carbons (Fsp3) is 0.448. The summed E-state index contributed by atoms with van der Waals surface area (Å²) in [5.41, 5.74) is 4.75. The lowest BCUT2D eigenvalue weighted by Gasteiger charge is -2.30. The lowest BCUT2D eigenvalue weighted by Crippen LogP contribution is -2.52. The molecular weight excluding hydrogens is 466 g/mol. The number of rotatable bonds is 5. The maximum Gasteiger partial charge on any atom is 0.321 e. The Morgan fingerprint density at radius 3 is 2.41 bits per heavy atom. The van der Waals surface area contributed by atoms with E-state index in [9.17, 15) is 14.4 Å². The van der Waals surface area contributed by atoms with E-state index < -0.39 is 18.1 Å². The molecule has 1 saturated heterocycles. The number of hydrogen-bond acceptors (Lipinski definition) is 4. The first kappa shape index (κ1) is 26.4. The van der Waals surface area contributed by atoms with E-state index in [4.69, 9.17) is 0 Å². The van der Waals surface area contributed by atoms with E-state index in [0.717, 1.165) is 42.4 Å². The molecule has 4 amide bonds. The van der Waals surface area contributed by atoms with Crippen LogP contribution < -0.4 is 15.5 Å². The van der Waals surface area contributed by atoms with Crippen molar-refractivity contribution in [1.29, 1.82) is 0 Å². The van der Waals surface area contributed by atoms with Crippen LogP contribution in [0.3, 0.4) is 0 Å². The molecule has 2 heterocycles. The predicted octanol–water partition coefficient (Wildman–Crippen LogP) is 4.79. The van der Waals surface area contributed by atoms with Gasteiger partial charge in [-0.15, -0.1) is 0 Å². The average Bonchev–Trinajstić information content (AvgIpc) is 2.94. The fourth-order valence-corrected chi connectivity index (χ4v) is 5.07. The number of benzodiazepines with no additional fused rings is 1. The van der Waals surface area contributed by atoms with E-state index in [1.165, 1.54) is 11.3 Å². The molecule has 2 aromatic rings. The third-order valence-corrected chi connectivity index (χ3v) is 6.98. The molecule has 2 aromatic carbocycles. The third kappa shape index (κ3) is 6.37. The van der Waals surface area contributed by atoms with Gasteiger partial charge in [0.05, 0.1) is 5.69 Å². The molecule has 2 aliphatic heterocycles. The summed E-state index contributed by atoms with van der Waals surface area (Å²) in [6.07, 6.45) is 4.81. The number of aryl methyl sites for hydroxylation is 2. The minimum Gasteiger partial charge on any atom is -0.341 e. The SMILES string of the molecule is CCC1=N[C@@H](NC(=O)Nc2cccc(C)c2)C(=O)N(CC(=O)N2CCCCCCC2)c2c(C)cccc21. The van der Waals surface area contributed by atoms with Crippen molar-refractivity contribution in [2.24, 2.45) is 4.99 Å². The van der Waals surface area contributed by atoms with Gasteiger partial charge in [0, 0.05) is 30.1 Å². The number of nitrogens with zero attached hydrogens (tertiary/aromatic N) is 3. The van der Waals surface area contributed by atoms with E-state index in [-0.39, 0.29) is 12.5 Å². The molecule has 0 aliphatic carbocycles. The number of para-hydroxylation sites is 1. The van der Waals surface area contributed by atoms with E-state index in [2.05, 4.69) is 15.6 Å². The number of urea groups is 1. The number of carbonyl (C=O) groups is 3. The van der Waals surface area contributed by atoms with Gasteiger partial charge in [0.1, 0.15) is 6.54 Å². The Balaban J connectivity index is 1.62. The highest BCUT2D eigenvalue weighted by atomic mass is 16.2. The summed E-state index contributed by atoms with van der Waals surface area (Å²) < 4.78 is 0. The van der Waals surface area contributed by atoms with Gasteiger partial charge in [-0.25, -0.2) is 4.79 Å². The largest absolute Gasteiger partial charge is 0.341 e. The molecule has 0 radical (unpaired) electrons. The number of benzene rings is 2. The van der Waals surface area contributed by atoms with Gasteiger partial charge in [0.25, 0.3) is 5.91 Å². The molecule has 8 nitrogen and oxygen atoms in total. The Labute approximate surface area is 219 Å². The Morgan fingerprint density at radius 2 is 1.70 bits per heavy atom. The molecule has 2 N–H and O–H groups in total. The van der Waals surface area contributed by atoms with Gasteiger partial charge in [0.2, 0.25) is 12.1 Å². The maximum atomic E-state index is 13.9. The standard InChI is InChI=1S/C29H37N5O3/c1-4-24-23-15-11-13-21(3)26(23)34(19-25(35)33-16-8-6-5-7-9-17-33)28(36)27(31-24)32-29(37)30-22-14-10-12-20(2)18-22/h10-15,18,27H,4-9,16-17,19H2,1-3H3,(H2,30,32,37)/t27-/m0/s1. The first-order valence-corrected chi connectivity index (χ1v) is 13.3. The quantitative estimate of drug-likeness (QED) is 0.614. The molecule has 0 spiro atoms. The zero-order chi connectivity index (χ0) is 26.4. The molecule has 0 saturated carbocycles. The Bertz CT molecular complexity index is 1180. The van der Waals surface area contributed by atoms with Gasteiger partial charge in [-0.1, -0.05) is 56.5 Å². The summed E-state index contributed by atoms with van der Waals surface area (Å²) in [6.45, 7) is 7.18. The minimum absolute atomic E-state index is 0.0765. The average molecular weight is 504 g/mol. The van der Waals surface area contributed by atoms with Crippen LogP contribution in [0.4, 0.5) is 16.2 Å². The number of nitrogens with one attached hydrogen (secondary N) is 2. The van der Waals surface area contributed by atoms with Gasteiger partial charge in [-0.05, 0) is 56.4 Å². The summed E-state index contributed by atoms with van der Waals surface area (Å²) in [5.74, 6) is -0.494. The Morgan fingerprint density at radius 1 is 1.00 bits per heavy atom. The van der Waals surface area contributed by atoms with Crippen LogP contribution in [0, 0.1) is 13.8 Å². The second kappa shape index (κ2) is 12.0. The van der Waals surface area contributed by atoms with Crippen molar-refractivity contribution in [2.75, 3.05) is 29.9 Å². The summed E-state index contributed by atoms with van der Waals surface area (Å²) in [7, 11) is 0. The molecule has 2 aliphatic rings. The summed E-state index contributed by atoms with van der Waals surface area (Å²) >= 11 is 0. The molecular formula is C29H37N5O3. The van der Waals surface area contributed by atoms with Crippen molar-refractivity contribution in [3.8, 4) is 0 Å². The van der Waals surface area contributed by atoms with E-state index in [1.807, 2.05) is 62.1 Å². The Kier molecular flexibility index (Phi) is 8.58. The van der Waals surface area contributed by atoms with Crippen LogP contribution in [0.1, 0.15) is 62.1 Å². The molecule has 196 valence electrons. The van der Waals surface area contributed by atoms with Crippen LogP contribution in [0.5, 0.6) is 0 Å². The number of amides is 4. The predicted molar refractivity (Wildman–Crippen MR) is 147 cm³/mol. The van der Waals surface area contributed by atoms with Crippen LogP contribution >= 0.6 is 0 Å². The zero-order valence-electron chi connectivity index (χ0n) is 22.0. The van der Waals surface area contributed by atoms with Crippen LogP contribution in [0.25, 0.3) is 0 Å². The molecule has 1 fully saturated rings. The van der Waals surface area contributed by atoms with Crippen LogP contribution in [-0.2, 0) is 9.59 Å². The summed E-state index contributed by atoms with van der Waals surface area (Å²) in [4.78, 5) is 48.3. The first-order valence-electron chi connectivity index (χ1n) is 13.3. The molecule has 0 aromatic heterocycles. The second-order valence-electron chi connectivity index (χ2n) is 9.84. The maximum absolute atomic E-state index is 13.9. The smallest absolute Gasteiger partial charge is 0.321 e. The minimum atomic E-state index is -1.15. The van der Waals surface area contributed by atoms with Crippen molar-refractivity contribution in [2.45, 2.75) is 65.5 Å². The highest BCUT2D eigenvalue weighted by Crippen LogP contribution is 2.30. The number of fused-ring (bicyclic) bond motifs is 1. The van der Waals surface area contributed by atoms with Gasteiger partial charge in [-0.3, -0.25) is 19.5 Å². The monoisotopic (exact) mass is 503 g/mol. The molecule has 37 heavy (non-hydrogen) atoms. The number of aliphatic imine (C=N–C) groups is 1. The molecule has 0 bridgehead atoms. The van der Waals surface area contributed by atoms with Gasteiger partial charge in [-0.2, -0.15) is 0 Å². The highest BCUT2D eigenvalue weighted by Gasteiger charge is 2.35. The summed E-state index contributed by atoms with van der Waals surface area (Å²) in [6, 6.07) is 12.7. The molecule has 8 heteroatoms. The van der Waals surface area contributed by atoms with Gasteiger partial charge < -0.3 is 15.5 Å². The normalized spacial score (nSPS) is 18.2. The lowest BCUT2D eigenvalue weighted by molar-refractivity contribution is -0.132. The van der Waals surface area contributed by atoms with E-state index >= 15 is 0 Å². The Hall–Kier alpha value is -3.68. The topological polar surface area (TPSA) is 94.1 Å². The lowest BCUT2D eigenvalue weighted by atomic mass is 10.0. The van der Waals surface area contributed by atoms with Crippen molar-refractivity contribution in [3.05, 3.63) is 59.2 Å². The van der Waals surface area contributed by atoms with Crippen molar-refractivity contribution in [3.63, 3.8) is 0 Å². The van der Waals surface area contributed by atoms with E-state index in [1.54, 1.807) is 6.07 Å². The van der Waals surface area contributed by atoms with Gasteiger partial charge >= 0.3 is 6.03 Å². The van der Waals surface area contributed by atoms with Crippen LogP contribution in [0.15, 0.2) is 47.5 Å².